The molecule has 1 amide bonds. The minimum atomic E-state index is -4.61. The van der Waals surface area contributed by atoms with Crippen molar-refractivity contribution < 1.29 is 18.0 Å². The molecule has 9 nitrogen and oxygen atoms in total. The minimum Gasteiger partial charge on any atom is -0.368 e. The molecule has 2 fully saturated rings. The number of piperazine rings is 1. The number of pyridine rings is 1. The van der Waals surface area contributed by atoms with Gasteiger partial charge in [0.25, 0.3) is 11.5 Å². The van der Waals surface area contributed by atoms with Crippen LogP contribution >= 0.6 is 0 Å². The van der Waals surface area contributed by atoms with E-state index >= 15 is 0 Å². The minimum absolute atomic E-state index is 0.00387. The number of halogens is 3. The molecule has 0 aromatic carbocycles. The molecule has 3 aromatic rings. The normalized spacial score (nSPS) is 21.3. The number of H-pyrrole nitrogens is 1. The lowest BCUT2D eigenvalue weighted by Crippen LogP contribution is -2.49. The van der Waals surface area contributed by atoms with E-state index in [4.69, 9.17) is 0 Å². The molecule has 36 heavy (non-hydrogen) atoms. The summed E-state index contributed by atoms with van der Waals surface area (Å²) in [4.78, 5) is 40.3. The second kappa shape index (κ2) is 9.23. The smallest absolute Gasteiger partial charge is 0.368 e. The number of fused-ring (bicyclic) bond motifs is 1. The molecule has 5 rings (SSSR count). The summed E-state index contributed by atoms with van der Waals surface area (Å²) in [5, 5.41) is 2.16. The molecule has 4 heterocycles. The second-order valence-corrected chi connectivity index (χ2v) is 9.47. The average Bonchev–Trinajstić information content (AvgIpc) is 3.49. The molecular weight excluding hydrogens is 475 g/mol. The number of carbonyl (C=O) groups is 1. The maximum absolute atomic E-state index is 13.3. The lowest BCUT2D eigenvalue weighted by atomic mass is 10.1. The van der Waals surface area contributed by atoms with Gasteiger partial charge in [0, 0.05) is 58.4 Å². The van der Waals surface area contributed by atoms with Crippen LogP contribution in [0, 0.1) is 0 Å². The first-order valence-electron chi connectivity index (χ1n) is 12.0. The van der Waals surface area contributed by atoms with Crippen molar-refractivity contribution in [2.45, 2.75) is 37.4 Å². The van der Waals surface area contributed by atoms with Crippen LogP contribution in [-0.4, -0.2) is 69.6 Å². The number of aromatic amines is 1. The Hall–Kier alpha value is -3.41. The second-order valence-electron chi connectivity index (χ2n) is 9.47. The van der Waals surface area contributed by atoms with E-state index < -0.39 is 22.7 Å². The third-order valence-corrected chi connectivity index (χ3v) is 7.35. The van der Waals surface area contributed by atoms with Crippen LogP contribution < -0.4 is 15.8 Å². The fourth-order valence-corrected chi connectivity index (χ4v) is 5.42. The Balaban J connectivity index is 1.24. The van der Waals surface area contributed by atoms with Crippen molar-refractivity contribution in [3.8, 4) is 0 Å². The number of carbonyl (C=O) groups excluding carboxylic acids is 1. The fraction of sp³-hybridized carbons (Fsp3) is 0.500. The molecule has 1 aliphatic heterocycles. The predicted octanol–water partition coefficient (Wildman–Crippen LogP) is 2.49. The quantitative estimate of drug-likeness (QED) is 0.568. The van der Waals surface area contributed by atoms with Crippen molar-refractivity contribution in [1.82, 2.24) is 29.7 Å². The summed E-state index contributed by atoms with van der Waals surface area (Å²) in [6.45, 7) is 3.38. The summed E-state index contributed by atoms with van der Waals surface area (Å²) in [6, 6.07) is 3.95. The van der Waals surface area contributed by atoms with E-state index in [1.54, 1.807) is 19.3 Å². The van der Waals surface area contributed by atoms with Crippen LogP contribution in [0.15, 0.2) is 29.3 Å². The van der Waals surface area contributed by atoms with Gasteiger partial charge in [-0.2, -0.15) is 13.2 Å². The highest BCUT2D eigenvalue weighted by Crippen LogP contribution is 2.37. The highest BCUT2D eigenvalue weighted by molar-refractivity contribution is 5.92. The zero-order valence-corrected chi connectivity index (χ0v) is 20.1. The zero-order valence-electron chi connectivity index (χ0n) is 20.1. The highest BCUT2D eigenvalue weighted by Gasteiger charge is 2.37. The Bertz CT molecular complexity index is 1320. The van der Waals surface area contributed by atoms with E-state index in [-0.39, 0.29) is 17.5 Å². The molecule has 0 spiro atoms. The molecule has 1 saturated heterocycles. The molecule has 2 N–H and O–H groups in total. The standard InChI is InChI=1S/C24H28F3N7O2/c1-28-22(35)18-6-5-16(12-29-18)34-9-7-33(8-10-34)15-4-3-14(11-15)20-30-21-19(23(36)31-20)17(13-32(21)2)24(25,26)27/h5-6,12-15H,3-4,7-11H2,1-2H3,(H,28,35)(H,30,31,36)/t14-,15+/m1/s1. The molecule has 2 aliphatic rings. The van der Waals surface area contributed by atoms with Gasteiger partial charge in [-0.05, 0) is 31.4 Å². The van der Waals surface area contributed by atoms with Gasteiger partial charge in [-0.25, -0.2) is 9.97 Å². The molecule has 192 valence electrons. The molecule has 2 atom stereocenters. The molecule has 1 aliphatic carbocycles. The van der Waals surface area contributed by atoms with Crippen molar-refractivity contribution in [3.63, 3.8) is 0 Å². The van der Waals surface area contributed by atoms with Crippen LogP contribution in [0.5, 0.6) is 0 Å². The van der Waals surface area contributed by atoms with Gasteiger partial charge in [0.1, 0.15) is 17.2 Å². The van der Waals surface area contributed by atoms with E-state index in [9.17, 15) is 22.8 Å². The molecule has 12 heteroatoms. The number of aryl methyl sites for hydroxylation is 1. The van der Waals surface area contributed by atoms with Gasteiger partial charge in [0.05, 0.1) is 22.8 Å². The van der Waals surface area contributed by atoms with Crippen molar-refractivity contribution >= 4 is 22.6 Å². The lowest BCUT2D eigenvalue weighted by Gasteiger charge is -2.39. The van der Waals surface area contributed by atoms with Crippen LogP contribution in [0.2, 0.25) is 0 Å². The molecule has 0 radical (unpaired) electrons. The van der Waals surface area contributed by atoms with E-state index in [2.05, 4.69) is 30.1 Å². The predicted molar refractivity (Wildman–Crippen MR) is 128 cm³/mol. The molecule has 0 unspecified atom stereocenters. The molecule has 0 bridgehead atoms. The van der Waals surface area contributed by atoms with Crippen molar-refractivity contribution in [2.75, 3.05) is 38.1 Å². The lowest BCUT2D eigenvalue weighted by molar-refractivity contribution is -0.136. The van der Waals surface area contributed by atoms with Gasteiger partial charge in [0.2, 0.25) is 0 Å². The summed E-state index contributed by atoms with van der Waals surface area (Å²) in [5.74, 6) is 0.242. The van der Waals surface area contributed by atoms with Gasteiger partial charge in [-0.3, -0.25) is 14.5 Å². The third kappa shape index (κ3) is 4.45. The number of alkyl halides is 3. The summed E-state index contributed by atoms with van der Waals surface area (Å²) in [7, 11) is 3.05. The highest BCUT2D eigenvalue weighted by atomic mass is 19.4. The first-order chi connectivity index (χ1) is 17.2. The van der Waals surface area contributed by atoms with Gasteiger partial charge in [-0.1, -0.05) is 0 Å². The Labute approximate surface area is 205 Å². The number of nitrogens with one attached hydrogen (secondary N) is 2. The topological polar surface area (TPSA) is 99.1 Å². The first kappa shape index (κ1) is 24.3. The largest absolute Gasteiger partial charge is 0.418 e. The zero-order chi connectivity index (χ0) is 25.6. The summed E-state index contributed by atoms with van der Waals surface area (Å²) < 4.78 is 41.3. The number of hydrogen-bond donors (Lipinski definition) is 2. The van der Waals surface area contributed by atoms with E-state index in [1.807, 2.05) is 6.07 Å². The summed E-state index contributed by atoms with van der Waals surface area (Å²) in [6.07, 6.45) is 0.593. The van der Waals surface area contributed by atoms with Crippen LogP contribution in [0.4, 0.5) is 18.9 Å². The maximum Gasteiger partial charge on any atom is 0.418 e. The van der Waals surface area contributed by atoms with E-state index in [1.165, 1.54) is 11.6 Å². The van der Waals surface area contributed by atoms with Crippen LogP contribution in [-0.2, 0) is 13.2 Å². The van der Waals surface area contributed by atoms with E-state index in [0.29, 0.717) is 17.6 Å². The van der Waals surface area contributed by atoms with E-state index in [0.717, 1.165) is 57.3 Å². The van der Waals surface area contributed by atoms with Crippen LogP contribution in [0.1, 0.15) is 47.1 Å². The number of hydrogen-bond acceptors (Lipinski definition) is 6. The summed E-state index contributed by atoms with van der Waals surface area (Å²) >= 11 is 0. The number of rotatable bonds is 4. The monoisotopic (exact) mass is 503 g/mol. The van der Waals surface area contributed by atoms with Crippen LogP contribution in [0.3, 0.4) is 0 Å². The molecule has 3 aromatic heterocycles. The van der Waals surface area contributed by atoms with Crippen molar-refractivity contribution in [3.05, 3.63) is 52.0 Å². The number of amides is 1. The average molecular weight is 504 g/mol. The third-order valence-electron chi connectivity index (χ3n) is 7.35. The van der Waals surface area contributed by atoms with Gasteiger partial charge < -0.3 is 19.8 Å². The summed E-state index contributed by atoms with van der Waals surface area (Å²) in [5.41, 5.74) is -0.277. The fourth-order valence-electron chi connectivity index (χ4n) is 5.42. The van der Waals surface area contributed by atoms with Gasteiger partial charge >= 0.3 is 6.18 Å². The van der Waals surface area contributed by atoms with Gasteiger partial charge in [-0.15, -0.1) is 0 Å². The van der Waals surface area contributed by atoms with Gasteiger partial charge in [0.15, 0.2) is 0 Å². The Morgan fingerprint density at radius 2 is 1.92 bits per heavy atom. The Morgan fingerprint density at radius 3 is 2.56 bits per heavy atom. The number of aromatic nitrogens is 4. The Kier molecular flexibility index (Phi) is 6.23. The van der Waals surface area contributed by atoms with Crippen molar-refractivity contribution in [2.24, 2.45) is 7.05 Å². The Morgan fingerprint density at radius 1 is 1.17 bits per heavy atom. The molecule has 1 saturated carbocycles. The number of anilines is 1. The van der Waals surface area contributed by atoms with Crippen LogP contribution in [0.25, 0.3) is 11.0 Å². The molecular formula is C24H28F3N7O2. The maximum atomic E-state index is 13.3. The number of nitrogens with zero attached hydrogens (tertiary/aromatic N) is 5. The first-order valence-corrected chi connectivity index (χ1v) is 12.0. The van der Waals surface area contributed by atoms with Crippen molar-refractivity contribution in [1.29, 1.82) is 0 Å². The SMILES string of the molecule is CNC(=O)c1ccc(N2CCN([C@H]3CC[C@@H](c4nc5c(c(C(F)(F)F)cn5C)c(=O)[nH]4)C3)CC2)cn1.